The number of hydrogen-bond donors (Lipinski definition) is 2. The Morgan fingerprint density at radius 2 is 2.09 bits per heavy atom. The summed E-state index contributed by atoms with van der Waals surface area (Å²) in [5, 5.41) is 15.1. The second-order valence-corrected chi connectivity index (χ2v) is 8.09. The molecule has 0 bridgehead atoms. The van der Waals surface area contributed by atoms with Crippen molar-refractivity contribution in [3.8, 4) is 6.07 Å². The lowest BCUT2D eigenvalue weighted by Crippen LogP contribution is -2.22. The van der Waals surface area contributed by atoms with Crippen LogP contribution in [0.2, 0.25) is 0 Å². The molecule has 0 saturated heterocycles. The average Bonchev–Trinajstić information content (AvgIpc) is 2.82. The van der Waals surface area contributed by atoms with E-state index in [0.29, 0.717) is 43.4 Å². The van der Waals surface area contributed by atoms with Crippen molar-refractivity contribution >= 4 is 23.8 Å². The van der Waals surface area contributed by atoms with Crippen molar-refractivity contribution in [3.05, 3.63) is 77.9 Å². The van der Waals surface area contributed by atoms with E-state index in [-0.39, 0.29) is 5.91 Å². The number of benzene rings is 1. The zero-order chi connectivity index (χ0) is 25.3. The molecule has 0 aliphatic heterocycles. The SMILES string of the molecule is C=CCNC(N=CCc1ccc(NC(=O)CC(C)CC)c(C)c1)=NCC(=C)/C=C\C(C#N)=C/C. The summed E-state index contributed by atoms with van der Waals surface area (Å²) in [6.07, 6.45) is 10.9. The molecular formula is C28H37N5O. The summed E-state index contributed by atoms with van der Waals surface area (Å²) < 4.78 is 0. The highest BCUT2D eigenvalue weighted by atomic mass is 16.1. The van der Waals surface area contributed by atoms with Gasteiger partial charge in [-0.2, -0.15) is 5.26 Å². The van der Waals surface area contributed by atoms with Gasteiger partial charge in [0.05, 0.1) is 12.6 Å². The second-order valence-electron chi connectivity index (χ2n) is 8.09. The van der Waals surface area contributed by atoms with Gasteiger partial charge in [0.1, 0.15) is 0 Å². The van der Waals surface area contributed by atoms with Crippen molar-refractivity contribution in [1.82, 2.24) is 5.32 Å². The Labute approximate surface area is 204 Å². The molecule has 180 valence electrons. The van der Waals surface area contributed by atoms with Gasteiger partial charge in [0, 0.05) is 36.9 Å². The maximum Gasteiger partial charge on any atom is 0.224 e. The minimum absolute atomic E-state index is 0.0481. The van der Waals surface area contributed by atoms with Crippen LogP contribution in [0.25, 0.3) is 0 Å². The number of rotatable bonds is 12. The van der Waals surface area contributed by atoms with Crippen LogP contribution in [-0.4, -0.2) is 31.2 Å². The average molecular weight is 460 g/mol. The minimum Gasteiger partial charge on any atom is -0.351 e. The van der Waals surface area contributed by atoms with Crippen LogP contribution in [0.15, 0.2) is 76.8 Å². The molecule has 0 heterocycles. The number of guanidine groups is 1. The van der Waals surface area contributed by atoms with Gasteiger partial charge < -0.3 is 10.6 Å². The van der Waals surface area contributed by atoms with Crippen LogP contribution in [0.1, 0.15) is 44.7 Å². The number of carbonyl (C=O) groups is 1. The molecule has 0 fully saturated rings. The molecule has 0 radical (unpaired) electrons. The van der Waals surface area contributed by atoms with Gasteiger partial charge in [-0.05, 0) is 48.6 Å². The predicted molar refractivity (Wildman–Crippen MR) is 144 cm³/mol. The van der Waals surface area contributed by atoms with E-state index in [9.17, 15) is 4.79 Å². The number of aryl methyl sites for hydroxylation is 1. The molecule has 0 saturated carbocycles. The van der Waals surface area contributed by atoms with Crippen LogP contribution in [0.4, 0.5) is 5.69 Å². The van der Waals surface area contributed by atoms with Crippen LogP contribution in [0.3, 0.4) is 0 Å². The summed E-state index contributed by atoms with van der Waals surface area (Å²) in [4.78, 5) is 21.1. The van der Waals surface area contributed by atoms with Crippen LogP contribution in [-0.2, 0) is 11.2 Å². The number of allylic oxidation sites excluding steroid dienone is 3. The summed E-state index contributed by atoms with van der Waals surface area (Å²) in [7, 11) is 0. The fourth-order valence-electron chi connectivity index (χ4n) is 2.83. The lowest BCUT2D eigenvalue weighted by Gasteiger charge is -2.12. The number of hydrogen-bond acceptors (Lipinski definition) is 3. The Balaban J connectivity index is 2.77. The highest BCUT2D eigenvalue weighted by molar-refractivity contribution is 5.92. The maximum absolute atomic E-state index is 12.2. The van der Waals surface area contributed by atoms with E-state index in [1.54, 1.807) is 30.5 Å². The van der Waals surface area contributed by atoms with Crippen molar-refractivity contribution in [3.63, 3.8) is 0 Å². The molecule has 1 amide bonds. The number of aliphatic imine (C=N–C) groups is 2. The highest BCUT2D eigenvalue weighted by Gasteiger charge is 2.09. The summed E-state index contributed by atoms with van der Waals surface area (Å²) >= 11 is 0. The molecule has 1 unspecified atom stereocenters. The van der Waals surface area contributed by atoms with Crippen LogP contribution in [0, 0.1) is 24.2 Å². The van der Waals surface area contributed by atoms with Gasteiger partial charge in [0.2, 0.25) is 11.9 Å². The van der Waals surface area contributed by atoms with E-state index in [4.69, 9.17) is 5.26 Å². The third-order valence-electron chi connectivity index (χ3n) is 5.11. The monoisotopic (exact) mass is 459 g/mol. The van der Waals surface area contributed by atoms with Crippen molar-refractivity contribution in [2.24, 2.45) is 15.9 Å². The molecule has 1 aromatic carbocycles. The largest absolute Gasteiger partial charge is 0.351 e. The number of nitriles is 1. The Morgan fingerprint density at radius 1 is 1.32 bits per heavy atom. The molecule has 1 atom stereocenters. The Morgan fingerprint density at radius 3 is 2.71 bits per heavy atom. The van der Waals surface area contributed by atoms with Crippen LogP contribution in [0.5, 0.6) is 0 Å². The van der Waals surface area contributed by atoms with E-state index in [1.165, 1.54) is 0 Å². The number of amides is 1. The first kappa shape index (κ1) is 28.3. The summed E-state index contributed by atoms with van der Waals surface area (Å²) in [6.45, 7) is 16.6. The van der Waals surface area contributed by atoms with E-state index >= 15 is 0 Å². The smallest absolute Gasteiger partial charge is 0.224 e. The van der Waals surface area contributed by atoms with E-state index in [1.807, 2.05) is 26.0 Å². The number of nitrogens with zero attached hydrogens (tertiary/aromatic N) is 3. The molecule has 6 nitrogen and oxygen atoms in total. The molecule has 1 rings (SSSR count). The zero-order valence-corrected chi connectivity index (χ0v) is 20.9. The first-order chi connectivity index (χ1) is 16.3. The molecule has 1 aromatic rings. The van der Waals surface area contributed by atoms with Gasteiger partial charge in [-0.3, -0.25) is 4.79 Å². The Kier molecular flexibility index (Phi) is 13.3. The van der Waals surface area contributed by atoms with Crippen LogP contribution >= 0.6 is 0 Å². The zero-order valence-electron chi connectivity index (χ0n) is 20.9. The van der Waals surface area contributed by atoms with Crippen molar-refractivity contribution in [1.29, 1.82) is 5.26 Å². The third kappa shape index (κ3) is 11.2. The topological polar surface area (TPSA) is 89.6 Å². The standard InChI is InChI=1S/C28H37N5O/c1-7-15-30-28(32-20-22(5)10-11-24(9-3)19-29)31-16-14-25-12-13-26(23(6)18-25)33-27(34)17-21(4)8-2/h7,9-13,16,18,21H,1,5,8,14-15,17,20H2,2-4,6H3,(H,30,32)(H,33,34)/b11-10-,24-9+,31-16?. The Bertz CT molecular complexity index is 1010. The molecule has 0 aliphatic carbocycles. The molecule has 0 aromatic heterocycles. The highest BCUT2D eigenvalue weighted by Crippen LogP contribution is 2.18. The Hall–Kier alpha value is -3.72. The number of nitrogens with one attached hydrogen (secondary N) is 2. The molecule has 0 spiro atoms. The second kappa shape index (κ2) is 16.0. The molecular weight excluding hydrogens is 422 g/mol. The fourth-order valence-corrected chi connectivity index (χ4v) is 2.83. The van der Waals surface area contributed by atoms with Crippen molar-refractivity contribution in [2.75, 3.05) is 18.4 Å². The lowest BCUT2D eigenvalue weighted by atomic mass is 10.0. The molecule has 6 heteroatoms. The van der Waals surface area contributed by atoms with Crippen LogP contribution < -0.4 is 10.6 Å². The van der Waals surface area contributed by atoms with Gasteiger partial charge in [-0.15, -0.1) is 6.58 Å². The molecule has 0 aliphatic rings. The van der Waals surface area contributed by atoms with Gasteiger partial charge in [-0.1, -0.05) is 57.2 Å². The van der Waals surface area contributed by atoms with E-state index < -0.39 is 0 Å². The first-order valence-electron chi connectivity index (χ1n) is 11.6. The molecule has 34 heavy (non-hydrogen) atoms. The maximum atomic E-state index is 12.2. The molecule has 2 N–H and O–H groups in total. The number of anilines is 1. The van der Waals surface area contributed by atoms with Gasteiger partial charge in [0.25, 0.3) is 0 Å². The van der Waals surface area contributed by atoms with Crippen molar-refractivity contribution in [2.45, 2.75) is 47.0 Å². The van der Waals surface area contributed by atoms with Gasteiger partial charge in [0.15, 0.2) is 0 Å². The van der Waals surface area contributed by atoms with Gasteiger partial charge >= 0.3 is 0 Å². The van der Waals surface area contributed by atoms with E-state index in [2.05, 4.69) is 59.8 Å². The predicted octanol–water partition coefficient (Wildman–Crippen LogP) is 5.70. The number of carbonyl (C=O) groups excluding carboxylic acids is 1. The quantitative estimate of drug-likeness (QED) is 0.138. The fraction of sp³-hybridized carbons (Fsp3) is 0.357. The summed E-state index contributed by atoms with van der Waals surface area (Å²) in [5.41, 5.74) is 4.29. The normalized spacial score (nSPS) is 13.0. The summed E-state index contributed by atoms with van der Waals surface area (Å²) in [5.74, 6) is 0.913. The third-order valence-corrected chi connectivity index (χ3v) is 5.11. The van der Waals surface area contributed by atoms with E-state index in [0.717, 1.165) is 28.8 Å². The van der Waals surface area contributed by atoms with Crippen molar-refractivity contribution < 1.29 is 4.79 Å². The minimum atomic E-state index is 0.0481. The first-order valence-corrected chi connectivity index (χ1v) is 11.6. The van der Waals surface area contributed by atoms with Gasteiger partial charge in [-0.25, -0.2) is 9.98 Å². The summed E-state index contributed by atoms with van der Waals surface area (Å²) in [6, 6.07) is 8.09. The lowest BCUT2D eigenvalue weighted by molar-refractivity contribution is -0.117.